The molecule has 2 rings (SSSR count). The summed E-state index contributed by atoms with van der Waals surface area (Å²) in [5.41, 5.74) is 1.08. The van der Waals surface area contributed by atoms with Gasteiger partial charge in [-0.3, -0.25) is 4.98 Å². The van der Waals surface area contributed by atoms with Crippen molar-refractivity contribution in [2.24, 2.45) is 0 Å². The molecule has 0 spiro atoms. The molecule has 1 unspecified atom stereocenters. The van der Waals surface area contributed by atoms with E-state index in [1.165, 1.54) is 11.5 Å². The molecule has 2 aromatic heterocycles. The minimum atomic E-state index is 0.294. The van der Waals surface area contributed by atoms with Crippen molar-refractivity contribution in [3.8, 4) is 0 Å². The molecule has 4 nitrogen and oxygen atoms in total. The van der Waals surface area contributed by atoms with Crippen molar-refractivity contribution in [2.45, 2.75) is 42.5 Å². The molecule has 0 saturated carbocycles. The average molecular weight is 294 g/mol. The molecule has 2 aromatic rings. The number of nitrogens with one attached hydrogen (secondary N) is 1. The number of nitrogens with zero attached hydrogens (tertiary/aromatic N) is 3. The Bertz CT molecular complexity index is 510. The Morgan fingerprint density at radius 3 is 2.84 bits per heavy atom. The summed E-state index contributed by atoms with van der Waals surface area (Å²) in [4.78, 5) is 9.94. The number of aromatic nitrogens is 3. The number of aryl methyl sites for hydroxylation is 1. The molecule has 19 heavy (non-hydrogen) atoms. The van der Waals surface area contributed by atoms with Gasteiger partial charge in [0.15, 0.2) is 4.34 Å². The smallest absolute Gasteiger partial charge is 0.174 e. The highest BCUT2D eigenvalue weighted by molar-refractivity contribution is 8.01. The fourth-order valence-electron chi connectivity index (χ4n) is 1.59. The van der Waals surface area contributed by atoms with E-state index in [9.17, 15) is 0 Å². The van der Waals surface area contributed by atoms with Crippen LogP contribution in [0.4, 0.5) is 0 Å². The van der Waals surface area contributed by atoms with Crippen LogP contribution in [-0.4, -0.2) is 20.9 Å². The van der Waals surface area contributed by atoms with Gasteiger partial charge in [-0.25, -0.2) is 4.98 Å². The van der Waals surface area contributed by atoms with Crippen LogP contribution in [-0.2, 0) is 0 Å². The standard InChI is InChI=1S/C13H18N4S2/c1-4-7-14-9(2)12-6-5-11(8-15-12)18-13-16-10(3)17-19-13/h5-6,8-9,14H,4,7H2,1-3H3. The normalized spacial score (nSPS) is 12.6. The Kier molecular flexibility index (Phi) is 5.30. The van der Waals surface area contributed by atoms with E-state index in [0.29, 0.717) is 6.04 Å². The van der Waals surface area contributed by atoms with Crippen LogP contribution in [0.2, 0.25) is 0 Å². The van der Waals surface area contributed by atoms with E-state index in [1.807, 2.05) is 13.1 Å². The van der Waals surface area contributed by atoms with Gasteiger partial charge in [-0.05, 0) is 50.5 Å². The van der Waals surface area contributed by atoms with Gasteiger partial charge in [0.1, 0.15) is 5.82 Å². The molecule has 102 valence electrons. The molecule has 0 saturated heterocycles. The molecule has 0 aliphatic heterocycles. The van der Waals surface area contributed by atoms with Crippen molar-refractivity contribution < 1.29 is 0 Å². The van der Waals surface area contributed by atoms with Gasteiger partial charge in [0, 0.05) is 17.1 Å². The quantitative estimate of drug-likeness (QED) is 0.884. The van der Waals surface area contributed by atoms with Gasteiger partial charge in [0.2, 0.25) is 0 Å². The maximum Gasteiger partial charge on any atom is 0.174 e. The molecule has 0 amide bonds. The number of pyridine rings is 1. The average Bonchev–Trinajstić information content (AvgIpc) is 2.82. The van der Waals surface area contributed by atoms with Crippen molar-refractivity contribution in [1.29, 1.82) is 0 Å². The lowest BCUT2D eigenvalue weighted by Crippen LogP contribution is -2.20. The summed E-state index contributed by atoms with van der Waals surface area (Å²) < 4.78 is 5.13. The second-order valence-corrected chi connectivity index (χ2v) is 6.38. The molecule has 1 N–H and O–H groups in total. The molecule has 0 fully saturated rings. The lowest BCUT2D eigenvalue weighted by Gasteiger charge is -2.12. The van der Waals surface area contributed by atoms with E-state index < -0.39 is 0 Å². The van der Waals surface area contributed by atoms with E-state index >= 15 is 0 Å². The maximum absolute atomic E-state index is 4.51. The van der Waals surface area contributed by atoms with Gasteiger partial charge in [0.25, 0.3) is 0 Å². The van der Waals surface area contributed by atoms with E-state index in [1.54, 1.807) is 11.8 Å². The van der Waals surface area contributed by atoms with Crippen LogP contribution in [0.15, 0.2) is 27.6 Å². The van der Waals surface area contributed by atoms with E-state index in [-0.39, 0.29) is 0 Å². The Balaban J connectivity index is 1.98. The highest BCUT2D eigenvalue weighted by Gasteiger charge is 2.07. The Labute approximate surface area is 122 Å². The molecule has 2 heterocycles. The zero-order valence-corrected chi connectivity index (χ0v) is 13.0. The molecule has 1 atom stereocenters. The highest BCUT2D eigenvalue weighted by atomic mass is 32.2. The predicted octanol–water partition coefficient (Wildman–Crippen LogP) is 3.45. The van der Waals surface area contributed by atoms with Gasteiger partial charge in [-0.15, -0.1) is 0 Å². The fourth-order valence-corrected chi connectivity index (χ4v) is 3.19. The molecule has 0 radical (unpaired) electrons. The van der Waals surface area contributed by atoms with Crippen molar-refractivity contribution >= 4 is 23.3 Å². The summed E-state index contributed by atoms with van der Waals surface area (Å²) >= 11 is 3.04. The van der Waals surface area contributed by atoms with E-state index in [0.717, 1.165) is 33.7 Å². The molecule has 0 bridgehead atoms. The SMILES string of the molecule is CCCNC(C)c1ccc(Sc2nc(C)ns2)cn1. The van der Waals surface area contributed by atoms with Crippen LogP contribution in [0.1, 0.15) is 37.8 Å². The van der Waals surface area contributed by atoms with Crippen LogP contribution in [0, 0.1) is 6.92 Å². The van der Waals surface area contributed by atoms with Crippen LogP contribution < -0.4 is 5.32 Å². The monoisotopic (exact) mass is 294 g/mol. The number of hydrogen-bond donors (Lipinski definition) is 1. The second-order valence-electron chi connectivity index (χ2n) is 4.30. The van der Waals surface area contributed by atoms with Gasteiger partial charge < -0.3 is 5.32 Å². The first-order valence-corrected chi connectivity index (χ1v) is 7.95. The summed E-state index contributed by atoms with van der Waals surface area (Å²) in [7, 11) is 0. The number of hydrogen-bond acceptors (Lipinski definition) is 6. The minimum Gasteiger partial charge on any atom is -0.309 e. The summed E-state index contributed by atoms with van der Waals surface area (Å²) in [6.07, 6.45) is 3.04. The summed E-state index contributed by atoms with van der Waals surface area (Å²) in [6, 6.07) is 4.46. The second kappa shape index (κ2) is 6.98. The Morgan fingerprint density at radius 2 is 2.26 bits per heavy atom. The predicted molar refractivity (Wildman–Crippen MR) is 79.7 cm³/mol. The maximum atomic E-state index is 4.51. The zero-order valence-electron chi connectivity index (χ0n) is 11.4. The lowest BCUT2D eigenvalue weighted by atomic mass is 10.2. The van der Waals surface area contributed by atoms with Crippen molar-refractivity contribution in [3.05, 3.63) is 29.8 Å². The molecular weight excluding hydrogens is 276 g/mol. The molecule has 0 aliphatic carbocycles. The van der Waals surface area contributed by atoms with Crippen molar-refractivity contribution in [3.63, 3.8) is 0 Å². The van der Waals surface area contributed by atoms with Crippen LogP contribution in [0.25, 0.3) is 0 Å². The summed E-state index contributed by atoms with van der Waals surface area (Å²) in [5, 5.41) is 3.43. The third-order valence-corrected chi connectivity index (χ3v) is 4.44. The van der Waals surface area contributed by atoms with Crippen molar-refractivity contribution in [1.82, 2.24) is 19.7 Å². The molecular formula is C13H18N4S2. The van der Waals surface area contributed by atoms with Crippen molar-refractivity contribution in [2.75, 3.05) is 6.54 Å². The molecule has 0 aromatic carbocycles. The largest absolute Gasteiger partial charge is 0.309 e. The first-order chi connectivity index (χ1) is 9.19. The number of rotatable bonds is 6. The summed E-state index contributed by atoms with van der Waals surface area (Å²) in [6.45, 7) is 7.22. The molecule has 6 heteroatoms. The zero-order chi connectivity index (χ0) is 13.7. The first-order valence-electron chi connectivity index (χ1n) is 6.36. The van der Waals surface area contributed by atoms with Gasteiger partial charge in [-0.2, -0.15) is 4.37 Å². The fraction of sp³-hybridized carbons (Fsp3) is 0.462. The Hall–Kier alpha value is -0.980. The van der Waals surface area contributed by atoms with Crippen LogP contribution in [0.3, 0.4) is 0 Å². The van der Waals surface area contributed by atoms with Gasteiger partial charge in [0.05, 0.1) is 5.69 Å². The third-order valence-electron chi connectivity index (χ3n) is 2.62. The van der Waals surface area contributed by atoms with Crippen LogP contribution >= 0.6 is 23.3 Å². The first kappa shape index (κ1) is 14.4. The van der Waals surface area contributed by atoms with Crippen LogP contribution in [0.5, 0.6) is 0 Å². The summed E-state index contributed by atoms with van der Waals surface area (Å²) in [5.74, 6) is 0.828. The highest BCUT2D eigenvalue weighted by Crippen LogP contribution is 2.28. The molecule has 0 aliphatic rings. The van der Waals surface area contributed by atoms with E-state index in [2.05, 4.69) is 45.6 Å². The van der Waals surface area contributed by atoms with E-state index in [4.69, 9.17) is 0 Å². The minimum absolute atomic E-state index is 0.294. The Morgan fingerprint density at radius 1 is 1.42 bits per heavy atom. The topological polar surface area (TPSA) is 50.7 Å². The lowest BCUT2D eigenvalue weighted by molar-refractivity contribution is 0.558. The third kappa shape index (κ3) is 4.26. The van der Waals surface area contributed by atoms with Gasteiger partial charge >= 0.3 is 0 Å². The van der Waals surface area contributed by atoms with Gasteiger partial charge in [-0.1, -0.05) is 18.7 Å².